The lowest BCUT2D eigenvalue weighted by atomic mass is 9.43. The van der Waals surface area contributed by atoms with Gasteiger partial charge in [0.05, 0.1) is 18.2 Å². The van der Waals surface area contributed by atoms with Crippen LogP contribution in [0.5, 0.6) is 11.5 Å². The summed E-state index contributed by atoms with van der Waals surface area (Å²) in [5.41, 5.74) is 1.69. The Kier molecular flexibility index (Phi) is 3.77. The predicted molar refractivity (Wildman–Crippen MR) is 110 cm³/mol. The number of nitrogens with zero attached hydrogens (tertiary/aromatic N) is 1. The van der Waals surface area contributed by atoms with E-state index < -0.39 is 5.60 Å². The molecule has 4 aliphatic rings. The fraction of sp³-hybridized carbons (Fsp3) is 0.708. The van der Waals surface area contributed by atoms with Crippen LogP contribution in [0.2, 0.25) is 0 Å². The van der Waals surface area contributed by atoms with Crippen LogP contribution in [0.3, 0.4) is 0 Å². The second-order valence-electron chi connectivity index (χ2n) is 10.9. The van der Waals surface area contributed by atoms with Crippen LogP contribution in [0.15, 0.2) is 6.07 Å². The number of carbonyl (C=O) groups is 1. The zero-order chi connectivity index (χ0) is 20.9. The van der Waals surface area contributed by atoms with Crippen molar-refractivity contribution in [2.75, 3.05) is 7.05 Å². The largest absolute Gasteiger partial charge is 0.508 e. The number of phenols is 1. The number of aliphatic hydroxyl groups excluding tert-OH is 1. The minimum absolute atomic E-state index is 0.0506. The summed E-state index contributed by atoms with van der Waals surface area (Å²) in [6.45, 7) is 9.57. The number of benzene rings is 1. The van der Waals surface area contributed by atoms with Gasteiger partial charge in [0.15, 0.2) is 0 Å². The van der Waals surface area contributed by atoms with Crippen LogP contribution in [0.1, 0.15) is 74.9 Å². The standard InChI is InChI=1S/C24H33NO4/c1-13-6-7-18-22(2,3)19(27)8-9-23(18,4)24(13)11-15-17(26)10-14-16(20(15)29-24)12-25(5)21(14)28/h10,13,18-19,26-27H,6-9,11-12H2,1-5H3/t13-,18+,19-,23+,24-/m1/s1. The summed E-state index contributed by atoms with van der Waals surface area (Å²) in [4.78, 5) is 14.2. The van der Waals surface area contributed by atoms with Gasteiger partial charge in [0.2, 0.25) is 0 Å². The Morgan fingerprint density at radius 3 is 2.62 bits per heavy atom. The summed E-state index contributed by atoms with van der Waals surface area (Å²) in [6.07, 6.45) is 4.22. The number of rotatable bonds is 0. The fourth-order valence-corrected chi connectivity index (χ4v) is 7.41. The first-order valence-electron chi connectivity index (χ1n) is 11.0. The fourth-order valence-electron chi connectivity index (χ4n) is 7.41. The Morgan fingerprint density at radius 2 is 1.90 bits per heavy atom. The maximum Gasteiger partial charge on any atom is 0.254 e. The Bertz CT molecular complexity index is 909. The lowest BCUT2D eigenvalue weighted by Crippen LogP contribution is -2.66. The van der Waals surface area contributed by atoms with Gasteiger partial charge in [-0.05, 0) is 49.0 Å². The summed E-state index contributed by atoms with van der Waals surface area (Å²) in [7, 11) is 1.79. The van der Waals surface area contributed by atoms with Crippen molar-refractivity contribution >= 4 is 5.91 Å². The number of aliphatic hydroxyl groups is 1. The molecule has 1 aromatic carbocycles. The number of carbonyl (C=O) groups excluding carboxylic acids is 1. The van der Waals surface area contributed by atoms with Crippen LogP contribution in [-0.4, -0.2) is 39.8 Å². The highest BCUT2D eigenvalue weighted by Gasteiger charge is 2.67. The smallest absolute Gasteiger partial charge is 0.254 e. The molecule has 1 amide bonds. The van der Waals surface area contributed by atoms with Crippen molar-refractivity contribution in [3.63, 3.8) is 0 Å². The van der Waals surface area contributed by atoms with Crippen molar-refractivity contribution in [1.82, 2.24) is 4.90 Å². The van der Waals surface area contributed by atoms with Crippen LogP contribution in [0, 0.1) is 22.7 Å². The molecule has 2 saturated carbocycles. The van der Waals surface area contributed by atoms with Gasteiger partial charge in [-0.25, -0.2) is 0 Å². The molecule has 2 heterocycles. The summed E-state index contributed by atoms with van der Waals surface area (Å²) in [6, 6.07) is 1.64. The van der Waals surface area contributed by atoms with Crippen LogP contribution in [0.4, 0.5) is 0 Å². The van der Waals surface area contributed by atoms with E-state index in [1.165, 1.54) is 0 Å². The molecule has 5 nitrogen and oxygen atoms in total. The van der Waals surface area contributed by atoms with E-state index in [4.69, 9.17) is 4.74 Å². The zero-order valence-corrected chi connectivity index (χ0v) is 18.2. The van der Waals surface area contributed by atoms with Gasteiger partial charge in [-0.1, -0.05) is 27.7 Å². The van der Waals surface area contributed by atoms with Crippen LogP contribution >= 0.6 is 0 Å². The Labute approximate surface area is 173 Å². The molecule has 0 bridgehead atoms. The molecule has 0 saturated heterocycles. The number of amides is 1. The van der Waals surface area contributed by atoms with Gasteiger partial charge >= 0.3 is 0 Å². The molecule has 1 spiro atoms. The number of hydrogen-bond donors (Lipinski definition) is 2. The molecule has 2 aliphatic heterocycles. The molecule has 0 radical (unpaired) electrons. The number of fused-ring (bicyclic) bond motifs is 5. The Balaban J connectivity index is 1.65. The Hall–Kier alpha value is -1.75. The molecule has 5 atom stereocenters. The quantitative estimate of drug-likeness (QED) is 0.694. The molecule has 2 N–H and O–H groups in total. The lowest BCUT2D eigenvalue weighted by Gasteiger charge is -2.64. The van der Waals surface area contributed by atoms with Gasteiger partial charge in [-0.2, -0.15) is 0 Å². The van der Waals surface area contributed by atoms with Crippen molar-refractivity contribution in [2.24, 2.45) is 22.7 Å². The van der Waals surface area contributed by atoms with Gasteiger partial charge in [-0.3, -0.25) is 4.79 Å². The molecule has 5 rings (SSSR count). The van der Waals surface area contributed by atoms with Crippen LogP contribution < -0.4 is 4.74 Å². The predicted octanol–water partition coefficient (Wildman–Crippen LogP) is 3.88. The average molecular weight is 400 g/mol. The van der Waals surface area contributed by atoms with Crippen molar-refractivity contribution in [3.8, 4) is 11.5 Å². The first-order valence-corrected chi connectivity index (χ1v) is 11.0. The SMILES string of the molecule is C[C@@H]1CC[C@H]2C(C)(C)[C@H](O)CC[C@]2(C)[C@@]12Cc1c(O)cc3c(c1O2)CN(C)C3=O. The summed E-state index contributed by atoms with van der Waals surface area (Å²) < 4.78 is 6.95. The van der Waals surface area contributed by atoms with E-state index >= 15 is 0 Å². The van der Waals surface area contributed by atoms with Gasteiger partial charge in [0, 0.05) is 30.0 Å². The van der Waals surface area contributed by atoms with Crippen molar-refractivity contribution in [2.45, 2.75) is 78.0 Å². The zero-order valence-electron chi connectivity index (χ0n) is 18.2. The van der Waals surface area contributed by atoms with Crippen molar-refractivity contribution < 1.29 is 19.7 Å². The maximum atomic E-state index is 12.5. The minimum Gasteiger partial charge on any atom is -0.508 e. The number of ether oxygens (including phenoxy) is 1. The van der Waals surface area contributed by atoms with E-state index in [0.29, 0.717) is 30.4 Å². The van der Waals surface area contributed by atoms with E-state index in [1.54, 1.807) is 18.0 Å². The molecule has 1 aromatic rings. The summed E-state index contributed by atoms with van der Waals surface area (Å²) in [5.74, 6) is 1.57. The second kappa shape index (κ2) is 5.69. The van der Waals surface area contributed by atoms with E-state index in [-0.39, 0.29) is 28.6 Å². The molecule has 29 heavy (non-hydrogen) atoms. The van der Waals surface area contributed by atoms with Crippen molar-refractivity contribution in [3.05, 3.63) is 22.8 Å². The molecular weight excluding hydrogens is 366 g/mol. The third kappa shape index (κ3) is 2.17. The van der Waals surface area contributed by atoms with Crippen molar-refractivity contribution in [1.29, 1.82) is 0 Å². The third-order valence-corrected chi connectivity index (χ3v) is 9.27. The average Bonchev–Trinajstić information content (AvgIpc) is 3.19. The van der Waals surface area contributed by atoms with E-state index in [1.807, 2.05) is 0 Å². The van der Waals surface area contributed by atoms with Gasteiger partial charge in [-0.15, -0.1) is 0 Å². The molecule has 158 valence electrons. The highest BCUT2D eigenvalue weighted by atomic mass is 16.5. The van der Waals surface area contributed by atoms with Crippen LogP contribution in [0.25, 0.3) is 0 Å². The maximum absolute atomic E-state index is 12.5. The number of aromatic hydroxyl groups is 1. The minimum atomic E-state index is -0.410. The third-order valence-electron chi connectivity index (χ3n) is 9.27. The monoisotopic (exact) mass is 399 g/mol. The molecule has 5 heteroatoms. The summed E-state index contributed by atoms with van der Waals surface area (Å²) >= 11 is 0. The van der Waals surface area contributed by atoms with Gasteiger partial charge < -0.3 is 19.8 Å². The Morgan fingerprint density at radius 1 is 1.17 bits per heavy atom. The molecule has 2 fully saturated rings. The van der Waals surface area contributed by atoms with Gasteiger partial charge in [0.25, 0.3) is 5.91 Å². The number of hydrogen-bond acceptors (Lipinski definition) is 4. The van der Waals surface area contributed by atoms with Crippen LogP contribution in [-0.2, 0) is 13.0 Å². The molecule has 0 aromatic heterocycles. The number of phenolic OH excluding ortho intramolecular Hbond substituents is 1. The molecule has 2 aliphatic carbocycles. The first kappa shape index (κ1) is 19.2. The van der Waals surface area contributed by atoms with E-state index in [0.717, 1.165) is 42.6 Å². The highest BCUT2D eigenvalue weighted by Crippen LogP contribution is 2.67. The van der Waals surface area contributed by atoms with Gasteiger partial charge in [0.1, 0.15) is 17.1 Å². The van der Waals surface area contributed by atoms with E-state index in [9.17, 15) is 15.0 Å². The summed E-state index contributed by atoms with van der Waals surface area (Å²) in [5, 5.41) is 21.6. The first-order chi connectivity index (χ1) is 13.5. The highest BCUT2D eigenvalue weighted by molar-refractivity contribution is 6.00. The topological polar surface area (TPSA) is 70.0 Å². The molecule has 0 unspecified atom stereocenters. The lowest BCUT2D eigenvalue weighted by molar-refractivity contribution is -0.210. The normalized spacial score (nSPS) is 39.9. The van der Waals surface area contributed by atoms with E-state index in [2.05, 4.69) is 27.7 Å². The molecular formula is C24H33NO4. The second-order valence-corrected chi connectivity index (χ2v) is 10.9.